The second-order valence-electron chi connectivity index (χ2n) is 16.8. The second-order valence-corrected chi connectivity index (χ2v) is 16.8. The van der Waals surface area contributed by atoms with Gasteiger partial charge in [0.25, 0.3) is 0 Å². The quantitative estimate of drug-likeness (QED) is 0.149. The monoisotopic (exact) mass is 892 g/mol. The maximum Gasteiger partial charge on any atom is 0.196 e. The first-order valence-electron chi connectivity index (χ1n) is 22.3. The summed E-state index contributed by atoms with van der Waals surface area (Å²) in [5.41, 5.74) is 12.8. The standard InChI is InChI=1S/C61H32N8O/c1-63-44-23-28-46(53(35-44)65-3)43-21-26-48-47-25-20-42(45-24-18-37(36-62)30-52(45)64-2)32-55(47)69(56(48)33-43)54-29-22-40(41-19-27-50-49-16-10-11-17-57(49)70-58(50)34-41)31-51(54)61-67-59(38-12-6-4-7-13-38)66-60(68-61)39-14-8-5-9-15-39/h4-35H. The predicted octanol–water partition coefficient (Wildman–Crippen LogP) is 16.4. The van der Waals surface area contributed by atoms with Gasteiger partial charge in [0, 0.05) is 43.8 Å². The summed E-state index contributed by atoms with van der Waals surface area (Å²) >= 11 is 0. The van der Waals surface area contributed by atoms with Crippen molar-refractivity contribution in [1.29, 1.82) is 5.26 Å². The number of rotatable bonds is 7. The van der Waals surface area contributed by atoms with E-state index in [4.69, 9.17) is 39.1 Å². The normalized spacial score (nSPS) is 11.1. The van der Waals surface area contributed by atoms with Crippen LogP contribution in [0.2, 0.25) is 0 Å². The van der Waals surface area contributed by atoms with Crippen molar-refractivity contribution in [2.24, 2.45) is 0 Å². The molecule has 0 spiro atoms. The Morgan fingerprint density at radius 3 is 1.60 bits per heavy atom. The van der Waals surface area contributed by atoms with Crippen LogP contribution < -0.4 is 0 Å². The Hall–Kier alpha value is -10.5. The average Bonchev–Trinajstić information content (AvgIpc) is 3.97. The van der Waals surface area contributed by atoms with Gasteiger partial charge in [0.05, 0.1) is 42.5 Å². The lowest BCUT2D eigenvalue weighted by Gasteiger charge is -2.17. The fourth-order valence-electron chi connectivity index (χ4n) is 9.40. The van der Waals surface area contributed by atoms with Crippen LogP contribution in [-0.2, 0) is 0 Å². The lowest BCUT2D eigenvalue weighted by atomic mass is 9.99. The minimum atomic E-state index is 0.372. The Balaban J connectivity index is 1.18. The molecule has 0 aliphatic carbocycles. The Bertz CT molecular complexity index is 4100. The highest BCUT2D eigenvalue weighted by molar-refractivity contribution is 6.12. The molecule has 0 unspecified atom stereocenters. The molecule has 9 heteroatoms. The highest BCUT2D eigenvalue weighted by Crippen LogP contribution is 2.44. The summed E-state index contributed by atoms with van der Waals surface area (Å²) in [5.74, 6) is 1.47. The van der Waals surface area contributed by atoms with E-state index >= 15 is 0 Å². The van der Waals surface area contributed by atoms with Crippen molar-refractivity contribution in [2.75, 3.05) is 0 Å². The number of nitrogens with zero attached hydrogens (tertiary/aromatic N) is 8. The van der Waals surface area contributed by atoms with Gasteiger partial charge in [-0.25, -0.2) is 29.5 Å². The fraction of sp³-hybridized carbons (Fsp3) is 0. The fourth-order valence-corrected chi connectivity index (χ4v) is 9.40. The molecule has 3 aromatic heterocycles. The van der Waals surface area contributed by atoms with Gasteiger partial charge in [-0.05, 0) is 88.0 Å². The van der Waals surface area contributed by atoms with Crippen LogP contribution in [0.5, 0.6) is 0 Å². The summed E-state index contributed by atoms with van der Waals surface area (Å²) in [6.07, 6.45) is 0. The summed E-state index contributed by atoms with van der Waals surface area (Å²) in [5, 5.41) is 13.7. The maximum absolute atomic E-state index is 9.72. The summed E-state index contributed by atoms with van der Waals surface area (Å²) < 4.78 is 8.60. The molecule has 12 aromatic rings. The Morgan fingerprint density at radius 1 is 0.414 bits per heavy atom. The largest absolute Gasteiger partial charge is 0.456 e. The zero-order chi connectivity index (χ0) is 47.3. The van der Waals surface area contributed by atoms with Gasteiger partial charge in [-0.15, -0.1) is 0 Å². The summed E-state index contributed by atoms with van der Waals surface area (Å²) in [6.45, 7) is 23.8. The Morgan fingerprint density at radius 2 is 0.957 bits per heavy atom. The number of hydrogen-bond donors (Lipinski definition) is 0. The van der Waals surface area contributed by atoms with Crippen molar-refractivity contribution in [2.45, 2.75) is 0 Å². The highest BCUT2D eigenvalue weighted by Gasteiger charge is 2.23. The van der Waals surface area contributed by atoms with Crippen LogP contribution in [0.3, 0.4) is 0 Å². The molecule has 70 heavy (non-hydrogen) atoms. The lowest BCUT2D eigenvalue weighted by Crippen LogP contribution is -2.04. The number of nitriles is 1. The van der Waals surface area contributed by atoms with E-state index in [0.717, 1.165) is 88.4 Å². The van der Waals surface area contributed by atoms with E-state index in [0.29, 0.717) is 51.2 Å². The Labute approximate surface area is 401 Å². The van der Waals surface area contributed by atoms with Gasteiger partial charge in [0.2, 0.25) is 0 Å². The van der Waals surface area contributed by atoms with Crippen LogP contribution in [0.1, 0.15) is 5.56 Å². The molecule has 0 radical (unpaired) electrons. The minimum Gasteiger partial charge on any atom is -0.456 e. The van der Waals surface area contributed by atoms with Gasteiger partial charge in [-0.1, -0.05) is 140 Å². The van der Waals surface area contributed by atoms with E-state index in [1.54, 1.807) is 24.3 Å². The van der Waals surface area contributed by atoms with Crippen molar-refractivity contribution < 1.29 is 4.42 Å². The van der Waals surface area contributed by atoms with Gasteiger partial charge < -0.3 is 8.98 Å². The van der Waals surface area contributed by atoms with Gasteiger partial charge in [-0.3, -0.25) is 0 Å². The van der Waals surface area contributed by atoms with Gasteiger partial charge in [-0.2, -0.15) is 5.26 Å². The number of furan rings is 1. The lowest BCUT2D eigenvalue weighted by molar-refractivity contribution is 0.669. The highest BCUT2D eigenvalue weighted by atomic mass is 16.3. The van der Waals surface area contributed by atoms with Crippen LogP contribution in [0.15, 0.2) is 199 Å². The second kappa shape index (κ2) is 16.8. The van der Waals surface area contributed by atoms with E-state index in [-0.39, 0.29) is 0 Å². The first-order valence-corrected chi connectivity index (χ1v) is 22.3. The van der Waals surface area contributed by atoms with Crippen LogP contribution in [0.25, 0.3) is 132 Å². The van der Waals surface area contributed by atoms with E-state index in [1.165, 1.54) is 0 Å². The molecule has 0 saturated heterocycles. The number of aromatic nitrogens is 4. The number of hydrogen-bond acceptors (Lipinski definition) is 5. The molecule has 0 bridgehead atoms. The molecule has 0 aliphatic heterocycles. The van der Waals surface area contributed by atoms with Crippen molar-refractivity contribution in [3.8, 4) is 79.3 Å². The number of fused-ring (bicyclic) bond motifs is 6. The van der Waals surface area contributed by atoms with Gasteiger partial charge in [0.1, 0.15) is 11.2 Å². The van der Waals surface area contributed by atoms with E-state index < -0.39 is 0 Å². The number of para-hydroxylation sites is 1. The third-order valence-corrected chi connectivity index (χ3v) is 12.8. The van der Waals surface area contributed by atoms with Crippen molar-refractivity contribution in [1.82, 2.24) is 19.5 Å². The summed E-state index contributed by atoms with van der Waals surface area (Å²) in [7, 11) is 0. The van der Waals surface area contributed by atoms with Crippen molar-refractivity contribution in [3.63, 3.8) is 0 Å². The topological polar surface area (TPSA) is 93.6 Å². The van der Waals surface area contributed by atoms with E-state index in [2.05, 4.69) is 91.9 Å². The molecule has 0 saturated carbocycles. The molecular formula is C61H32N8O. The predicted molar refractivity (Wildman–Crippen MR) is 278 cm³/mol. The third-order valence-electron chi connectivity index (χ3n) is 12.8. The van der Waals surface area contributed by atoms with Gasteiger partial charge >= 0.3 is 0 Å². The summed E-state index contributed by atoms with van der Waals surface area (Å²) in [6, 6.07) is 65.4. The first kappa shape index (κ1) is 41.0. The third kappa shape index (κ3) is 6.97. The zero-order valence-corrected chi connectivity index (χ0v) is 37.0. The van der Waals surface area contributed by atoms with Crippen LogP contribution in [0.4, 0.5) is 17.1 Å². The summed E-state index contributed by atoms with van der Waals surface area (Å²) in [4.78, 5) is 26.9. The maximum atomic E-state index is 9.72. The molecule has 0 aliphatic rings. The molecule has 0 fully saturated rings. The smallest absolute Gasteiger partial charge is 0.196 e. The molecule has 0 atom stereocenters. The van der Waals surface area contributed by atoms with Crippen molar-refractivity contribution in [3.05, 3.63) is 234 Å². The molecule has 9 aromatic carbocycles. The average molecular weight is 893 g/mol. The molecular weight excluding hydrogens is 861 g/mol. The molecule has 12 rings (SSSR count). The van der Waals surface area contributed by atoms with Crippen molar-refractivity contribution >= 4 is 60.8 Å². The Kier molecular flexibility index (Phi) is 9.82. The van der Waals surface area contributed by atoms with Crippen LogP contribution in [-0.4, -0.2) is 19.5 Å². The van der Waals surface area contributed by atoms with Crippen LogP contribution >= 0.6 is 0 Å². The molecule has 322 valence electrons. The van der Waals surface area contributed by atoms with Crippen LogP contribution in [0, 0.1) is 31.0 Å². The van der Waals surface area contributed by atoms with Gasteiger partial charge in [0.15, 0.2) is 34.5 Å². The SMILES string of the molecule is [C-]#[N+]c1ccc(-c2ccc3c4ccc(-c5ccc(C#N)cc5[N+]#[C-])cc4n(-c4ccc(-c5ccc6c(c5)oc5ccccc56)cc4-c4nc(-c5ccccc5)nc(-c5ccccc5)n4)c3c2)c([N+]#[C-])c1. The zero-order valence-electron chi connectivity index (χ0n) is 37.0. The van der Waals surface area contributed by atoms with E-state index in [1.807, 2.05) is 103 Å². The molecule has 9 nitrogen and oxygen atoms in total. The molecule has 0 N–H and O–H groups in total. The minimum absolute atomic E-state index is 0.372. The first-order chi connectivity index (χ1) is 34.5. The van der Waals surface area contributed by atoms with E-state index in [9.17, 15) is 5.26 Å². The molecule has 3 heterocycles. The number of benzene rings is 9. The molecule has 0 amide bonds.